The largest absolute Gasteiger partial charge is 0.371 e. The van der Waals surface area contributed by atoms with Crippen molar-refractivity contribution in [2.24, 2.45) is 5.14 Å². The number of primary sulfonamides is 1. The van der Waals surface area contributed by atoms with Crippen LogP contribution in [0.5, 0.6) is 0 Å². The van der Waals surface area contributed by atoms with Crippen molar-refractivity contribution in [1.29, 1.82) is 0 Å². The first-order valence-corrected chi connectivity index (χ1v) is 7.60. The van der Waals surface area contributed by atoms with Gasteiger partial charge in [0.1, 0.15) is 0 Å². The lowest BCUT2D eigenvalue weighted by atomic mass is 10.0. The Balaban J connectivity index is 2.07. The summed E-state index contributed by atoms with van der Waals surface area (Å²) in [6.45, 7) is 1.97. The number of anilines is 1. The van der Waals surface area contributed by atoms with Crippen molar-refractivity contribution < 1.29 is 8.42 Å². The van der Waals surface area contributed by atoms with E-state index in [1.807, 2.05) is 19.2 Å². The molecule has 18 heavy (non-hydrogen) atoms. The van der Waals surface area contributed by atoms with Crippen molar-refractivity contribution >= 4 is 15.7 Å². The minimum absolute atomic E-state index is 0.163. The number of sulfonamides is 1. The molecule has 5 nitrogen and oxygen atoms in total. The van der Waals surface area contributed by atoms with Crippen LogP contribution in [0.1, 0.15) is 12.8 Å². The number of nitrogens with one attached hydrogen (secondary N) is 1. The number of piperidine rings is 1. The molecule has 0 bridgehead atoms. The summed E-state index contributed by atoms with van der Waals surface area (Å²) < 4.78 is 22.3. The molecule has 6 heteroatoms. The standard InChI is InChI=1S/C12H19N3O2S/c1-14-10-6-8-15(9-7-10)11-2-4-12(5-3-11)18(13,16)17/h2-5,10,14H,6-9H2,1H3,(H2,13,16,17). The molecule has 0 atom stereocenters. The van der Waals surface area contributed by atoms with Crippen molar-refractivity contribution in [3.63, 3.8) is 0 Å². The van der Waals surface area contributed by atoms with E-state index in [0.29, 0.717) is 6.04 Å². The maximum atomic E-state index is 11.2. The van der Waals surface area contributed by atoms with Crippen LogP contribution in [-0.4, -0.2) is 34.6 Å². The monoisotopic (exact) mass is 269 g/mol. The third-order valence-electron chi connectivity index (χ3n) is 3.43. The Morgan fingerprint density at radius 3 is 2.22 bits per heavy atom. The quantitative estimate of drug-likeness (QED) is 0.839. The van der Waals surface area contributed by atoms with Crippen LogP contribution < -0.4 is 15.4 Å². The maximum absolute atomic E-state index is 11.2. The zero-order valence-electron chi connectivity index (χ0n) is 10.5. The van der Waals surface area contributed by atoms with Crippen LogP contribution in [0.4, 0.5) is 5.69 Å². The van der Waals surface area contributed by atoms with Crippen LogP contribution in [0.25, 0.3) is 0 Å². The number of hydrogen-bond acceptors (Lipinski definition) is 4. The molecule has 1 aliphatic heterocycles. The molecule has 0 spiro atoms. The van der Waals surface area contributed by atoms with Crippen LogP contribution in [-0.2, 0) is 10.0 Å². The molecule has 0 aromatic heterocycles. The molecular weight excluding hydrogens is 250 g/mol. The molecule has 1 aliphatic rings. The molecule has 1 aromatic carbocycles. The van der Waals surface area contributed by atoms with Gasteiger partial charge >= 0.3 is 0 Å². The minimum Gasteiger partial charge on any atom is -0.371 e. The molecule has 100 valence electrons. The molecule has 1 fully saturated rings. The zero-order valence-corrected chi connectivity index (χ0v) is 11.3. The Kier molecular flexibility index (Phi) is 3.89. The van der Waals surface area contributed by atoms with E-state index in [1.54, 1.807) is 12.1 Å². The molecule has 1 heterocycles. The maximum Gasteiger partial charge on any atom is 0.238 e. The average Bonchev–Trinajstić information content (AvgIpc) is 2.38. The van der Waals surface area contributed by atoms with Crippen molar-refractivity contribution in [3.05, 3.63) is 24.3 Å². The summed E-state index contributed by atoms with van der Waals surface area (Å²) in [6, 6.07) is 7.35. The fourth-order valence-corrected chi connectivity index (χ4v) is 2.79. The lowest BCUT2D eigenvalue weighted by molar-refractivity contribution is 0.442. The average molecular weight is 269 g/mol. The highest BCUT2D eigenvalue weighted by Crippen LogP contribution is 2.21. The lowest BCUT2D eigenvalue weighted by Gasteiger charge is -2.33. The van der Waals surface area contributed by atoms with E-state index in [-0.39, 0.29) is 4.90 Å². The highest BCUT2D eigenvalue weighted by atomic mass is 32.2. The van der Waals surface area contributed by atoms with Gasteiger partial charge < -0.3 is 10.2 Å². The number of nitrogens with zero attached hydrogens (tertiary/aromatic N) is 1. The Hall–Kier alpha value is -1.11. The number of benzene rings is 1. The van der Waals surface area contributed by atoms with Gasteiger partial charge in [0.05, 0.1) is 4.90 Å². The lowest BCUT2D eigenvalue weighted by Crippen LogP contribution is -2.41. The molecule has 3 N–H and O–H groups in total. The predicted octanol–water partition coefficient (Wildman–Crippen LogP) is 0.522. The summed E-state index contributed by atoms with van der Waals surface area (Å²) in [5, 5.41) is 8.35. The number of rotatable bonds is 3. The van der Waals surface area contributed by atoms with Crippen molar-refractivity contribution in [3.8, 4) is 0 Å². The summed E-state index contributed by atoms with van der Waals surface area (Å²) in [6.07, 6.45) is 2.21. The van der Waals surface area contributed by atoms with Crippen LogP contribution in [0.15, 0.2) is 29.2 Å². The van der Waals surface area contributed by atoms with Crippen molar-refractivity contribution in [2.75, 3.05) is 25.0 Å². The van der Waals surface area contributed by atoms with E-state index in [1.165, 1.54) is 0 Å². The highest BCUT2D eigenvalue weighted by molar-refractivity contribution is 7.89. The molecule has 0 saturated carbocycles. The Bertz CT molecular complexity index is 491. The first kappa shape index (κ1) is 13.3. The number of hydrogen-bond donors (Lipinski definition) is 2. The summed E-state index contributed by atoms with van der Waals surface area (Å²) in [5.41, 5.74) is 1.05. The van der Waals surface area contributed by atoms with Crippen molar-refractivity contribution in [1.82, 2.24) is 5.32 Å². The summed E-state index contributed by atoms with van der Waals surface area (Å²) >= 11 is 0. The van der Waals surface area contributed by atoms with E-state index < -0.39 is 10.0 Å². The van der Waals surface area contributed by atoms with Gasteiger partial charge in [0.25, 0.3) is 0 Å². The Morgan fingerprint density at radius 2 is 1.78 bits per heavy atom. The van der Waals surface area contributed by atoms with Gasteiger partial charge in [0, 0.05) is 24.8 Å². The topological polar surface area (TPSA) is 75.4 Å². The van der Waals surface area contributed by atoms with E-state index in [4.69, 9.17) is 5.14 Å². The second kappa shape index (κ2) is 5.26. The van der Waals surface area contributed by atoms with E-state index in [0.717, 1.165) is 31.6 Å². The van der Waals surface area contributed by atoms with Gasteiger partial charge in [0.2, 0.25) is 10.0 Å². The second-order valence-electron chi connectivity index (χ2n) is 4.59. The van der Waals surface area contributed by atoms with Gasteiger partial charge in [-0.15, -0.1) is 0 Å². The fourth-order valence-electron chi connectivity index (χ4n) is 2.27. The van der Waals surface area contributed by atoms with Crippen LogP contribution in [0.3, 0.4) is 0 Å². The number of nitrogens with two attached hydrogens (primary N) is 1. The summed E-state index contributed by atoms with van der Waals surface area (Å²) in [5.74, 6) is 0. The molecule has 0 amide bonds. The van der Waals surface area contributed by atoms with Crippen molar-refractivity contribution in [2.45, 2.75) is 23.8 Å². The predicted molar refractivity (Wildman–Crippen MR) is 72.1 cm³/mol. The highest BCUT2D eigenvalue weighted by Gasteiger charge is 2.18. The van der Waals surface area contributed by atoms with Gasteiger partial charge in [-0.3, -0.25) is 0 Å². The summed E-state index contributed by atoms with van der Waals surface area (Å²) in [7, 11) is -1.60. The first-order chi connectivity index (χ1) is 8.50. The zero-order chi connectivity index (χ0) is 13.2. The van der Waals surface area contributed by atoms with Crippen LogP contribution >= 0.6 is 0 Å². The van der Waals surface area contributed by atoms with Gasteiger partial charge in [-0.1, -0.05) is 0 Å². The molecule has 0 unspecified atom stereocenters. The Labute approximate surface area is 108 Å². The van der Waals surface area contributed by atoms with Gasteiger partial charge in [0.15, 0.2) is 0 Å². The SMILES string of the molecule is CNC1CCN(c2ccc(S(N)(=O)=O)cc2)CC1. The molecule has 2 rings (SSSR count). The second-order valence-corrected chi connectivity index (χ2v) is 6.15. The van der Waals surface area contributed by atoms with Crippen LogP contribution in [0, 0.1) is 0 Å². The smallest absolute Gasteiger partial charge is 0.238 e. The van der Waals surface area contributed by atoms with Gasteiger partial charge in [-0.25, -0.2) is 13.6 Å². The first-order valence-electron chi connectivity index (χ1n) is 6.06. The molecule has 1 saturated heterocycles. The third kappa shape index (κ3) is 3.01. The normalized spacial score (nSPS) is 18.0. The third-order valence-corrected chi connectivity index (χ3v) is 4.36. The molecule has 0 aliphatic carbocycles. The molecular formula is C12H19N3O2S. The minimum atomic E-state index is -3.59. The van der Waals surface area contributed by atoms with Crippen LogP contribution in [0.2, 0.25) is 0 Å². The Morgan fingerprint density at radius 1 is 1.22 bits per heavy atom. The van der Waals surface area contributed by atoms with E-state index in [9.17, 15) is 8.42 Å². The molecule has 0 radical (unpaired) electrons. The van der Waals surface area contributed by atoms with E-state index >= 15 is 0 Å². The van der Waals surface area contributed by atoms with Gasteiger partial charge in [-0.2, -0.15) is 0 Å². The molecule has 1 aromatic rings. The van der Waals surface area contributed by atoms with Gasteiger partial charge in [-0.05, 0) is 44.2 Å². The fraction of sp³-hybridized carbons (Fsp3) is 0.500. The van der Waals surface area contributed by atoms with E-state index in [2.05, 4.69) is 10.2 Å². The summed E-state index contributed by atoms with van der Waals surface area (Å²) in [4.78, 5) is 2.43.